The molecule has 2 rings (SSSR count). The van der Waals surface area contributed by atoms with Gasteiger partial charge in [-0.3, -0.25) is 4.79 Å². The Morgan fingerprint density at radius 1 is 1.14 bits per heavy atom. The minimum Gasteiger partial charge on any atom is -0.485 e. The first-order valence-corrected chi connectivity index (χ1v) is 8.60. The monoisotopic (exact) mass is 364 g/mol. The quantitative estimate of drug-likeness (QED) is 0.548. The van der Waals surface area contributed by atoms with Gasteiger partial charge in [0.1, 0.15) is 5.75 Å². The SMILES string of the molecule is CSc1cc(C)c(OCC(=O)c2ccc(Br)cc2)c(C)c1. The van der Waals surface area contributed by atoms with Crippen molar-refractivity contribution < 1.29 is 9.53 Å². The number of benzene rings is 2. The van der Waals surface area contributed by atoms with E-state index in [1.165, 1.54) is 4.90 Å². The standard InChI is InChI=1S/C17H17BrO2S/c1-11-8-15(21-3)9-12(2)17(11)20-10-16(19)13-4-6-14(18)7-5-13/h4-9H,10H2,1-3H3. The Morgan fingerprint density at radius 2 is 1.71 bits per heavy atom. The summed E-state index contributed by atoms with van der Waals surface area (Å²) in [5.74, 6) is 0.786. The Morgan fingerprint density at radius 3 is 2.24 bits per heavy atom. The molecule has 0 aliphatic carbocycles. The summed E-state index contributed by atoms with van der Waals surface area (Å²) in [6, 6.07) is 11.5. The van der Waals surface area contributed by atoms with Crippen LogP contribution < -0.4 is 4.74 Å². The first-order chi connectivity index (χ1) is 10.0. The molecule has 0 aliphatic heterocycles. The molecule has 4 heteroatoms. The molecule has 0 spiro atoms. The van der Waals surface area contributed by atoms with Crippen molar-refractivity contribution in [2.24, 2.45) is 0 Å². The van der Waals surface area contributed by atoms with Crippen LogP contribution in [0.15, 0.2) is 45.8 Å². The van der Waals surface area contributed by atoms with Gasteiger partial charge in [-0.05, 0) is 55.5 Å². The fraction of sp³-hybridized carbons (Fsp3) is 0.235. The van der Waals surface area contributed by atoms with Gasteiger partial charge in [-0.15, -0.1) is 11.8 Å². The third kappa shape index (κ3) is 4.11. The minimum atomic E-state index is -0.0183. The van der Waals surface area contributed by atoms with Crippen LogP contribution in [0.4, 0.5) is 0 Å². The number of Topliss-reactive ketones (excluding diaryl/α,β-unsaturated/α-hetero) is 1. The molecule has 0 amide bonds. The van der Waals surface area contributed by atoms with Crippen molar-refractivity contribution in [3.8, 4) is 5.75 Å². The lowest BCUT2D eigenvalue weighted by molar-refractivity contribution is 0.0920. The number of thioether (sulfide) groups is 1. The van der Waals surface area contributed by atoms with Crippen LogP contribution in [0.5, 0.6) is 5.75 Å². The predicted molar refractivity (Wildman–Crippen MR) is 91.7 cm³/mol. The number of ketones is 1. The highest BCUT2D eigenvalue weighted by Crippen LogP contribution is 2.28. The average Bonchev–Trinajstić information content (AvgIpc) is 2.46. The van der Waals surface area contributed by atoms with E-state index in [2.05, 4.69) is 28.1 Å². The van der Waals surface area contributed by atoms with Crippen molar-refractivity contribution in [2.75, 3.05) is 12.9 Å². The van der Waals surface area contributed by atoms with E-state index in [4.69, 9.17) is 4.74 Å². The van der Waals surface area contributed by atoms with Crippen molar-refractivity contribution in [3.63, 3.8) is 0 Å². The van der Waals surface area contributed by atoms with Crippen LogP contribution >= 0.6 is 27.7 Å². The van der Waals surface area contributed by atoms with Gasteiger partial charge < -0.3 is 4.74 Å². The molecule has 0 saturated heterocycles. The van der Waals surface area contributed by atoms with Gasteiger partial charge in [0, 0.05) is 14.9 Å². The van der Waals surface area contributed by atoms with E-state index in [0.717, 1.165) is 21.3 Å². The highest BCUT2D eigenvalue weighted by molar-refractivity contribution is 9.10. The van der Waals surface area contributed by atoms with Gasteiger partial charge in [-0.1, -0.05) is 28.1 Å². The molecule has 0 fully saturated rings. The maximum Gasteiger partial charge on any atom is 0.200 e. The van der Waals surface area contributed by atoms with E-state index >= 15 is 0 Å². The van der Waals surface area contributed by atoms with Crippen LogP contribution in [-0.2, 0) is 0 Å². The van der Waals surface area contributed by atoms with Crippen LogP contribution in [0.25, 0.3) is 0 Å². The third-order valence-electron chi connectivity index (χ3n) is 3.18. The zero-order valence-electron chi connectivity index (χ0n) is 12.3. The Hall–Kier alpha value is -1.26. The van der Waals surface area contributed by atoms with E-state index in [-0.39, 0.29) is 12.4 Å². The second kappa shape index (κ2) is 7.14. The number of carbonyl (C=O) groups is 1. The second-order valence-electron chi connectivity index (χ2n) is 4.81. The van der Waals surface area contributed by atoms with Gasteiger partial charge >= 0.3 is 0 Å². The molecule has 2 nitrogen and oxygen atoms in total. The highest BCUT2D eigenvalue weighted by Gasteiger charge is 2.10. The van der Waals surface area contributed by atoms with Gasteiger partial charge in [-0.2, -0.15) is 0 Å². The maximum atomic E-state index is 12.1. The maximum absolute atomic E-state index is 12.1. The summed E-state index contributed by atoms with van der Waals surface area (Å²) in [7, 11) is 0. The topological polar surface area (TPSA) is 26.3 Å². The normalized spacial score (nSPS) is 10.5. The van der Waals surface area contributed by atoms with Gasteiger partial charge in [0.05, 0.1) is 0 Å². The zero-order chi connectivity index (χ0) is 15.4. The number of hydrogen-bond acceptors (Lipinski definition) is 3. The third-order valence-corrected chi connectivity index (χ3v) is 4.42. The molecule has 2 aromatic carbocycles. The Bertz CT molecular complexity index is 627. The average molecular weight is 365 g/mol. The molecule has 0 bridgehead atoms. The van der Waals surface area contributed by atoms with Crippen LogP contribution in [0.1, 0.15) is 21.5 Å². The number of halogens is 1. The van der Waals surface area contributed by atoms with E-state index in [9.17, 15) is 4.79 Å². The van der Waals surface area contributed by atoms with Crippen molar-refractivity contribution in [3.05, 3.63) is 57.6 Å². The van der Waals surface area contributed by atoms with Crippen LogP contribution in [-0.4, -0.2) is 18.6 Å². The summed E-state index contributed by atoms with van der Waals surface area (Å²) in [6.07, 6.45) is 2.05. The molecule has 0 unspecified atom stereocenters. The number of rotatable bonds is 5. The summed E-state index contributed by atoms with van der Waals surface area (Å²) in [5.41, 5.74) is 2.78. The fourth-order valence-electron chi connectivity index (χ4n) is 2.11. The van der Waals surface area contributed by atoms with E-state index in [1.807, 2.05) is 32.2 Å². The lowest BCUT2D eigenvalue weighted by atomic mass is 10.1. The predicted octanol–water partition coefficient (Wildman–Crippen LogP) is 5.05. The van der Waals surface area contributed by atoms with Crippen molar-refractivity contribution >= 4 is 33.5 Å². The van der Waals surface area contributed by atoms with Crippen LogP contribution in [0.2, 0.25) is 0 Å². The van der Waals surface area contributed by atoms with Gasteiger partial charge in [0.15, 0.2) is 12.4 Å². The van der Waals surface area contributed by atoms with E-state index in [1.54, 1.807) is 23.9 Å². The van der Waals surface area contributed by atoms with Gasteiger partial charge in [-0.25, -0.2) is 0 Å². The smallest absolute Gasteiger partial charge is 0.200 e. The molecule has 0 aliphatic rings. The molecule has 0 aromatic heterocycles. The molecular formula is C17H17BrO2S. The van der Waals surface area contributed by atoms with Gasteiger partial charge in [0.25, 0.3) is 0 Å². The molecule has 110 valence electrons. The van der Waals surface area contributed by atoms with Crippen molar-refractivity contribution in [2.45, 2.75) is 18.7 Å². The number of carbonyl (C=O) groups excluding carboxylic acids is 1. The van der Waals surface area contributed by atoms with E-state index < -0.39 is 0 Å². The summed E-state index contributed by atoms with van der Waals surface area (Å²) in [6.45, 7) is 4.07. The van der Waals surface area contributed by atoms with Crippen molar-refractivity contribution in [1.82, 2.24) is 0 Å². The summed E-state index contributed by atoms with van der Waals surface area (Å²) in [4.78, 5) is 13.3. The fourth-order valence-corrected chi connectivity index (χ4v) is 2.97. The number of aryl methyl sites for hydroxylation is 2. The van der Waals surface area contributed by atoms with Gasteiger partial charge in [0.2, 0.25) is 0 Å². The lowest BCUT2D eigenvalue weighted by Gasteiger charge is -2.13. The largest absolute Gasteiger partial charge is 0.485 e. The summed E-state index contributed by atoms with van der Waals surface area (Å²) in [5, 5.41) is 0. The first kappa shape index (κ1) is 16.1. The second-order valence-corrected chi connectivity index (χ2v) is 6.60. The van der Waals surface area contributed by atoms with Crippen LogP contribution in [0.3, 0.4) is 0 Å². The first-order valence-electron chi connectivity index (χ1n) is 6.58. The molecule has 0 atom stereocenters. The number of hydrogen-bond donors (Lipinski definition) is 0. The molecular weight excluding hydrogens is 348 g/mol. The zero-order valence-corrected chi connectivity index (χ0v) is 14.7. The molecule has 0 heterocycles. The molecule has 0 saturated carbocycles. The lowest BCUT2D eigenvalue weighted by Crippen LogP contribution is -2.12. The highest BCUT2D eigenvalue weighted by atomic mass is 79.9. The Kier molecular flexibility index (Phi) is 5.48. The molecule has 0 N–H and O–H groups in total. The number of ether oxygens (including phenoxy) is 1. The van der Waals surface area contributed by atoms with E-state index in [0.29, 0.717) is 5.56 Å². The molecule has 2 aromatic rings. The minimum absolute atomic E-state index is 0.0183. The summed E-state index contributed by atoms with van der Waals surface area (Å²) >= 11 is 5.06. The molecule has 21 heavy (non-hydrogen) atoms. The Labute approximate surface area is 138 Å². The molecule has 0 radical (unpaired) electrons. The summed E-state index contributed by atoms with van der Waals surface area (Å²) < 4.78 is 6.70. The van der Waals surface area contributed by atoms with Crippen molar-refractivity contribution in [1.29, 1.82) is 0 Å². The van der Waals surface area contributed by atoms with Crippen LogP contribution in [0, 0.1) is 13.8 Å². The Balaban J connectivity index is 2.09.